The van der Waals surface area contributed by atoms with Gasteiger partial charge in [0.2, 0.25) is 0 Å². The summed E-state index contributed by atoms with van der Waals surface area (Å²) in [5.41, 5.74) is 3.99. The molecule has 2 aromatic rings. The maximum atomic E-state index is 11.4. The fraction of sp³-hybridized carbons (Fsp3) is 0.641. The van der Waals surface area contributed by atoms with E-state index in [0.29, 0.717) is 13.2 Å². The van der Waals surface area contributed by atoms with E-state index in [4.69, 9.17) is 14.6 Å². The van der Waals surface area contributed by atoms with Crippen molar-refractivity contribution in [3.8, 4) is 16.9 Å². The molecule has 2 aliphatic carbocycles. The van der Waals surface area contributed by atoms with E-state index in [0.717, 1.165) is 55.1 Å². The second-order valence-corrected chi connectivity index (χ2v) is 13.4. The molecule has 0 spiro atoms. The summed E-state index contributed by atoms with van der Waals surface area (Å²) >= 11 is 0. The topological polar surface area (TPSA) is 72.8 Å². The fourth-order valence-electron chi connectivity index (χ4n) is 7.46. The van der Waals surface area contributed by atoms with Crippen LogP contribution >= 0.6 is 0 Å². The van der Waals surface area contributed by atoms with E-state index in [1.54, 1.807) is 0 Å². The lowest BCUT2D eigenvalue weighted by Gasteiger charge is -2.38. The number of esters is 1. The van der Waals surface area contributed by atoms with Gasteiger partial charge in [0.05, 0.1) is 26.1 Å². The summed E-state index contributed by atoms with van der Waals surface area (Å²) in [4.78, 5) is 21.9. The quantitative estimate of drug-likeness (QED) is 0.135. The van der Waals surface area contributed by atoms with Gasteiger partial charge in [0.1, 0.15) is 5.75 Å². The first-order chi connectivity index (χ1) is 21.5. The molecule has 2 saturated carbocycles. The second kappa shape index (κ2) is 18.9. The van der Waals surface area contributed by atoms with Gasteiger partial charge in [-0.25, -0.2) is 0 Å². The first-order valence-corrected chi connectivity index (χ1v) is 17.7. The van der Waals surface area contributed by atoms with Gasteiger partial charge in [-0.3, -0.25) is 9.59 Å². The zero-order valence-corrected chi connectivity index (χ0v) is 27.2. The molecule has 4 rings (SSSR count). The molecule has 2 fully saturated rings. The smallest absolute Gasteiger partial charge is 0.306 e. The number of rotatable bonds is 18. The van der Waals surface area contributed by atoms with Gasteiger partial charge in [-0.1, -0.05) is 81.8 Å². The van der Waals surface area contributed by atoms with Crippen LogP contribution in [-0.2, 0) is 14.3 Å². The highest BCUT2D eigenvalue weighted by molar-refractivity contribution is 5.76. The minimum absolute atomic E-state index is 0.0614. The van der Waals surface area contributed by atoms with Crippen LogP contribution in [0, 0.1) is 17.8 Å². The maximum Gasteiger partial charge on any atom is 0.306 e. The van der Waals surface area contributed by atoms with E-state index in [1.165, 1.54) is 93.7 Å². The molecule has 0 bridgehead atoms. The van der Waals surface area contributed by atoms with Crippen LogP contribution in [0.2, 0.25) is 0 Å². The van der Waals surface area contributed by atoms with Gasteiger partial charge < -0.3 is 14.6 Å². The Morgan fingerprint density at radius 3 is 1.89 bits per heavy atom. The molecular formula is C39H56O5. The molecule has 5 nitrogen and oxygen atoms in total. The number of carbonyl (C=O) groups is 2. The summed E-state index contributed by atoms with van der Waals surface area (Å²) in [5.74, 6) is 3.18. The number of carboxylic acid groups (broad SMARTS) is 1. The standard InChI is InChI=1S/C39H56O5/c1-2-3-6-9-30-10-12-31(13-11-30)32-14-16-33(17-15-32)34-18-20-35(21-19-34)36-22-24-37(25-23-36)43-28-7-4-5-8-29-44-39(42)27-26-38(40)41/h18-25,30-33H,2-17,26-29H2,1H3,(H,40,41). The summed E-state index contributed by atoms with van der Waals surface area (Å²) in [6.45, 7) is 3.33. The highest BCUT2D eigenvalue weighted by Crippen LogP contribution is 2.44. The van der Waals surface area contributed by atoms with Crippen LogP contribution in [0.5, 0.6) is 5.75 Å². The van der Waals surface area contributed by atoms with Gasteiger partial charge in [0.25, 0.3) is 0 Å². The van der Waals surface area contributed by atoms with Crippen molar-refractivity contribution in [2.75, 3.05) is 13.2 Å². The molecule has 0 heterocycles. The first-order valence-electron chi connectivity index (χ1n) is 17.7. The predicted octanol–water partition coefficient (Wildman–Crippen LogP) is 10.4. The SMILES string of the molecule is CCCCCC1CCC(C2CCC(c3ccc(-c4ccc(OCCCCCCOC(=O)CCC(=O)O)cc4)cc3)CC2)CC1. The summed E-state index contributed by atoms with van der Waals surface area (Å²) in [6.07, 6.45) is 20.6. The van der Waals surface area contributed by atoms with E-state index in [1.807, 2.05) is 0 Å². The second-order valence-electron chi connectivity index (χ2n) is 13.4. The van der Waals surface area contributed by atoms with Gasteiger partial charge >= 0.3 is 11.9 Å². The average molecular weight is 605 g/mol. The molecule has 0 aromatic heterocycles. The molecular weight excluding hydrogens is 548 g/mol. The van der Waals surface area contributed by atoms with E-state index < -0.39 is 11.9 Å². The molecule has 0 saturated heterocycles. The number of ether oxygens (including phenoxy) is 2. The molecule has 0 amide bonds. The van der Waals surface area contributed by atoms with Crippen LogP contribution in [0.3, 0.4) is 0 Å². The van der Waals surface area contributed by atoms with Crippen LogP contribution in [0.25, 0.3) is 11.1 Å². The van der Waals surface area contributed by atoms with Crippen LogP contribution in [0.4, 0.5) is 0 Å². The van der Waals surface area contributed by atoms with Crippen molar-refractivity contribution in [3.63, 3.8) is 0 Å². The zero-order chi connectivity index (χ0) is 31.0. The molecule has 5 heteroatoms. The highest BCUT2D eigenvalue weighted by atomic mass is 16.5. The summed E-state index contributed by atoms with van der Waals surface area (Å²) in [6, 6.07) is 17.7. The Morgan fingerprint density at radius 1 is 0.682 bits per heavy atom. The van der Waals surface area contributed by atoms with Gasteiger partial charge in [-0.15, -0.1) is 0 Å². The van der Waals surface area contributed by atoms with Crippen LogP contribution in [-0.4, -0.2) is 30.3 Å². The van der Waals surface area contributed by atoms with E-state index in [9.17, 15) is 9.59 Å². The monoisotopic (exact) mass is 604 g/mol. The molecule has 1 N–H and O–H groups in total. The van der Waals surface area contributed by atoms with Crippen LogP contribution < -0.4 is 4.74 Å². The molecule has 2 aliphatic rings. The Hall–Kier alpha value is -2.82. The fourth-order valence-corrected chi connectivity index (χ4v) is 7.46. The summed E-state index contributed by atoms with van der Waals surface area (Å²) in [7, 11) is 0. The molecule has 0 radical (unpaired) electrons. The molecule has 0 unspecified atom stereocenters. The lowest BCUT2D eigenvalue weighted by Crippen LogP contribution is -2.25. The van der Waals surface area contributed by atoms with Crippen molar-refractivity contribution in [1.29, 1.82) is 0 Å². The van der Waals surface area contributed by atoms with Crippen molar-refractivity contribution >= 4 is 11.9 Å². The molecule has 0 aliphatic heterocycles. The minimum atomic E-state index is -0.979. The predicted molar refractivity (Wildman–Crippen MR) is 178 cm³/mol. The number of hydrogen-bond acceptors (Lipinski definition) is 4. The van der Waals surface area contributed by atoms with Crippen LogP contribution in [0.15, 0.2) is 48.5 Å². The van der Waals surface area contributed by atoms with E-state index >= 15 is 0 Å². The Kier molecular flexibility index (Phi) is 14.6. The van der Waals surface area contributed by atoms with Crippen molar-refractivity contribution in [2.24, 2.45) is 17.8 Å². The number of carbonyl (C=O) groups excluding carboxylic acids is 1. The van der Waals surface area contributed by atoms with Crippen molar-refractivity contribution in [1.82, 2.24) is 0 Å². The van der Waals surface area contributed by atoms with E-state index in [2.05, 4.69) is 55.5 Å². The van der Waals surface area contributed by atoms with Crippen molar-refractivity contribution in [3.05, 3.63) is 54.1 Å². The van der Waals surface area contributed by atoms with E-state index in [-0.39, 0.29) is 12.8 Å². The zero-order valence-electron chi connectivity index (χ0n) is 27.2. The van der Waals surface area contributed by atoms with Crippen molar-refractivity contribution in [2.45, 2.75) is 128 Å². The highest BCUT2D eigenvalue weighted by Gasteiger charge is 2.31. The average Bonchev–Trinajstić information content (AvgIpc) is 3.06. The number of hydrogen-bond donors (Lipinski definition) is 1. The minimum Gasteiger partial charge on any atom is -0.494 e. The lowest BCUT2D eigenvalue weighted by atomic mass is 9.68. The van der Waals surface area contributed by atoms with Gasteiger partial charge in [-0.05, 0) is 117 Å². The maximum absolute atomic E-state index is 11.4. The van der Waals surface area contributed by atoms with Gasteiger partial charge in [-0.2, -0.15) is 0 Å². The number of benzene rings is 2. The van der Waals surface area contributed by atoms with Gasteiger partial charge in [0, 0.05) is 0 Å². The number of aliphatic carboxylic acids is 1. The number of unbranched alkanes of at least 4 members (excludes halogenated alkanes) is 5. The number of carboxylic acids is 1. The molecule has 0 atom stereocenters. The Morgan fingerprint density at radius 2 is 1.27 bits per heavy atom. The molecule has 44 heavy (non-hydrogen) atoms. The first kappa shape index (κ1) is 34.1. The Balaban J connectivity index is 1.09. The third kappa shape index (κ3) is 11.6. The third-order valence-electron chi connectivity index (χ3n) is 10.2. The van der Waals surface area contributed by atoms with Crippen molar-refractivity contribution < 1.29 is 24.2 Å². The largest absolute Gasteiger partial charge is 0.494 e. The Bertz CT molecular complexity index is 1090. The summed E-state index contributed by atoms with van der Waals surface area (Å²) in [5, 5.41) is 8.59. The van der Waals surface area contributed by atoms with Crippen LogP contribution in [0.1, 0.15) is 134 Å². The normalized spacial score (nSPS) is 21.9. The lowest BCUT2D eigenvalue weighted by molar-refractivity contribution is -0.147. The van der Waals surface area contributed by atoms with Gasteiger partial charge in [0.15, 0.2) is 0 Å². The Labute approximate surface area is 266 Å². The third-order valence-corrected chi connectivity index (χ3v) is 10.2. The molecule has 2 aromatic carbocycles. The molecule has 242 valence electrons. The summed E-state index contributed by atoms with van der Waals surface area (Å²) < 4.78 is 11.0.